The largest absolute Gasteiger partial charge is 0.504 e. The van der Waals surface area contributed by atoms with Crippen LogP contribution in [0.4, 0.5) is 0 Å². The number of hydrogen-bond acceptors (Lipinski definition) is 4. The Morgan fingerprint density at radius 1 is 1.36 bits per heavy atom. The van der Waals surface area contributed by atoms with Gasteiger partial charge in [0.1, 0.15) is 0 Å². The maximum absolute atomic E-state index is 9.64. The minimum Gasteiger partial charge on any atom is -0.504 e. The number of aliphatic hydroxyl groups excluding tert-OH is 1. The van der Waals surface area contributed by atoms with Crippen molar-refractivity contribution in [1.29, 1.82) is 0 Å². The van der Waals surface area contributed by atoms with Crippen LogP contribution in [0.1, 0.15) is 17.2 Å². The first-order chi connectivity index (χ1) is 6.74. The quantitative estimate of drug-likeness (QED) is 0.486. The zero-order valence-corrected chi connectivity index (χ0v) is 7.70. The molecule has 0 aliphatic carbocycles. The van der Waals surface area contributed by atoms with Crippen LogP contribution >= 0.6 is 0 Å². The molecule has 1 aromatic rings. The van der Waals surface area contributed by atoms with Crippen molar-refractivity contribution in [3.8, 4) is 11.5 Å². The van der Waals surface area contributed by atoms with Crippen LogP contribution in [0.3, 0.4) is 0 Å². The second-order valence-electron chi connectivity index (χ2n) is 3.45. The van der Waals surface area contributed by atoms with Gasteiger partial charge in [0.25, 0.3) is 0 Å². The number of phenolic OH excluding ortho intramolecular Hbond substituents is 2. The Morgan fingerprint density at radius 3 is 2.86 bits per heavy atom. The van der Waals surface area contributed by atoms with Gasteiger partial charge in [-0.2, -0.15) is 0 Å². The molecule has 0 saturated heterocycles. The van der Waals surface area contributed by atoms with Crippen molar-refractivity contribution in [1.82, 2.24) is 5.32 Å². The normalized spacial score (nSPS) is 20.5. The Bertz CT molecular complexity index is 351. The topological polar surface area (TPSA) is 72.7 Å². The molecule has 4 heteroatoms. The van der Waals surface area contributed by atoms with E-state index in [4.69, 9.17) is 5.11 Å². The Kier molecular flexibility index (Phi) is 2.31. The fraction of sp³-hybridized carbons (Fsp3) is 0.400. The zero-order valence-electron chi connectivity index (χ0n) is 7.70. The summed E-state index contributed by atoms with van der Waals surface area (Å²) >= 11 is 0. The molecule has 0 saturated carbocycles. The monoisotopic (exact) mass is 195 g/mol. The highest BCUT2D eigenvalue weighted by atomic mass is 16.3. The lowest BCUT2D eigenvalue weighted by atomic mass is 9.93. The van der Waals surface area contributed by atoms with Gasteiger partial charge in [-0.3, -0.25) is 0 Å². The third kappa shape index (κ3) is 1.32. The highest BCUT2D eigenvalue weighted by Crippen LogP contribution is 2.37. The standard InChI is InChI=1S/C10H13NO3/c12-5-7-9-6(3-4-11-7)1-2-8(13)10(9)14/h1-2,7,11-14H,3-5H2. The molecule has 1 aromatic carbocycles. The van der Waals surface area contributed by atoms with Gasteiger partial charge in [0.05, 0.1) is 12.6 Å². The molecular weight excluding hydrogens is 182 g/mol. The lowest BCUT2D eigenvalue weighted by Crippen LogP contribution is -2.32. The number of nitrogens with one attached hydrogen (secondary N) is 1. The van der Waals surface area contributed by atoms with E-state index in [0.29, 0.717) is 5.56 Å². The van der Waals surface area contributed by atoms with Gasteiger partial charge >= 0.3 is 0 Å². The second-order valence-corrected chi connectivity index (χ2v) is 3.45. The number of fused-ring (bicyclic) bond motifs is 1. The molecule has 2 rings (SSSR count). The third-order valence-electron chi connectivity index (χ3n) is 2.60. The molecule has 76 valence electrons. The van der Waals surface area contributed by atoms with Crippen molar-refractivity contribution >= 4 is 0 Å². The van der Waals surface area contributed by atoms with Crippen molar-refractivity contribution in [3.63, 3.8) is 0 Å². The lowest BCUT2D eigenvalue weighted by Gasteiger charge is -2.26. The van der Waals surface area contributed by atoms with Crippen LogP contribution in [0.2, 0.25) is 0 Å². The van der Waals surface area contributed by atoms with Gasteiger partial charge in [-0.15, -0.1) is 0 Å². The summed E-state index contributed by atoms with van der Waals surface area (Å²) in [5, 5.41) is 31.1. The summed E-state index contributed by atoms with van der Waals surface area (Å²) in [4.78, 5) is 0. The molecule has 1 aliphatic heterocycles. The summed E-state index contributed by atoms with van der Waals surface area (Å²) in [6.45, 7) is 0.701. The van der Waals surface area contributed by atoms with E-state index >= 15 is 0 Å². The van der Waals surface area contributed by atoms with Gasteiger partial charge < -0.3 is 20.6 Å². The van der Waals surface area contributed by atoms with E-state index in [1.807, 2.05) is 0 Å². The van der Waals surface area contributed by atoms with Crippen LogP contribution in [0, 0.1) is 0 Å². The molecule has 1 unspecified atom stereocenters. The van der Waals surface area contributed by atoms with Gasteiger partial charge in [-0.05, 0) is 24.6 Å². The van der Waals surface area contributed by atoms with Gasteiger partial charge in [0.15, 0.2) is 11.5 Å². The Hall–Kier alpha value is -1.26. The molecule has 1 aliphatic rings. The molecule has 14 heavy (non-hydrogen) atoms. The van der Waals surface area contributed by atoms with Gasteiger partial charge in [-0.1, -0.05) is 6.07 Å². The second kappa shape index (κ2) is 3.48. The number of aliphatic hydroxyl groups is 1. The average molecular weight is 195 g/mol. The number of rotatable bonds is 1. The van der Waals surface area contributed by atoms with Crippen molar-refractivity contribution < 1.29 is 15.3 Å². The van der Waals surface area contributed by atoms with Gasteiger partial charge in [-0.25, -0.2) is 0 Å². The Morgan fingerprint density at radius 2 is 2.14 bits per heavy atom. The Labute approximate surface area is 81.8 Å². The average Bonchev–Trinajstić information content (AvgIpc) is 2.23. The van der Waals surface area contributed by atoms with Crippen molar-refractivity contribution in [3.05, 3.63) is 23.3 Å². The third-order valence-corrected chi connectivity index (χ3v) is 2.60. The SMILES string of the molecule is OCC1NCCc2ccc(O)c(O)c21. The summed E-state index contributed by atoms with van der Waals surface area (Å²) in [6.07, 6.45) is 0.805. The molecular formula is C10H13NO3. The lowest BCUT2D eigenvalue weighted by molar-refractivity contribution is 0.236. The summed E-state index contributed by atoms with van der Waals surface area (Å²) in [5.41, 5.74) is 1.61. The summed E-state index contributed by atoms with van der Waals surface area (Å²) in [6, 6.07) is 2.99. The molecule has 1 atom stereocenters. The molecule has 0 fully saturated rings. The summed E-state index contributed by atoms with van der Waals surface area (Å²) in [5.74, 6) is -0.250. The van der Waals surface area contributed by atoms with Crippen LogP contribution in [0.25, 0.3) is 0 Å². The Balaban J connectivity index is 2.53. The first-order valence-electron chi connectivity index (χ1n) is 4.62. The molecule has 0 amide bonds. The van der Waals surface area contributed by atoms with Crippen molar-refractivity contribution in [2.24, 2.45) is 0 Å². The molecule has 0 aromatic heterocycles. The first-order valence-corrected chi connectivity index (χ1v) is 4.62. The van der Waals surface area contributed by atoms with E-state index in [2.05, 4.69) is 5.32 Å². The summed E-state index contributed by atoms with van der Waals surface area (Å²) in [7, 11) is 0. The van der Waals surface area contributed by atoms with E-state index in [9.17, 15) is 10.2 Å². The molecule has 0 spiro atoms. The van der Waals surface area contributed by atoms with E-state index in [0.717, 1.165) is 18.5 Å². The van der Waals surface area contributed by atoms with E-state index in [1.54, 1.807) is 6.07 Å². The molecule has 4 N–H and O–H groups in total. The number of hydrogen-bond donors (Lipinski definition) is 4. The predicted molar refractivity (Wildman–Crippen MR) is 51.3 cm³/mol. The smallest absolute Gasteiger partial charge is 0.162 e. The molecule has 0 bridgehead atoms. The van der Waals surface area contributed by atoms with Gasteiger partial charge in [0.2, 0.25) is 0 Å². The highest BCUT2D eigenvalue weighted by Gasteiger charge is 2.23. The van der Waals surface area contributed by atoms with Gasteiger partial charge in [0, 0.05) is 5.56 Å². The maximum Gasteiger partial charge on any atom is 0.162 e. The van der Waals surface area contributed by atoms with Crippen LogP contribution in [0.5, 0.6) is 11.5 Å². The molecule has 4 nitrogen and oxygen atoms in total. The molecule has 1 heterocycles. The predicted octanol–water partition coefficient (Wildman–Crippen LogP) is 0.277. The molecule has 0 radical (unpaired) electrons. The van der Waals surface area contributed by atoms with Crippen molar-refractivity contribution in [2.75, 3.05) is 13.2 Å². The van der Waals surface area contributed by atoms with E-state index in [1.165, 1.54) is 6.07 Å². The fourth-order valence-electron chi connectivity index (χ4n) is 1.88. The number of benzene rings is 1. The van der Waals surface area contributed by atoms with Crippen LogP contribution < -0.4 is 5.32 Å². The van der Waals surface area contributed by atoms with E-state index < -0.39 is 0 Å². The van der Waals surface area contributed by atoms with Crippen LogP contribution in [0.15, 0.2) is 12.1 Å². The first kappa shape index (κ1) is 9.30. The van der Waals surface area contributed by atoms with Crippen molar-refractivity contribution in [2.45, 2.75) is 12.5 Å². The van der Waals surface area contributed by atoms with Crippen LogP contribution in [-0.4, -0.2) is 28.5 Å². The minimum atomic E-state index is -0.272. The fourth-order valence-corrected chi connectivity index (χ4v) is 1.88. The van der Waals surface area contributed by atoms with E-state index in [-0.39, 0.29) is 24.1 Å². The van der Waals surface area contributed by atoms with Crippen LogP contribution in [-0.2, 0) is 6.42 Å². The maximum atomic E-state index is 9.64. The number of phenols is 2. The summed E-state index contributed by atoms with van der Waals surface area (Å²) < 4.78 is 0. The zero-order chi connectivity index (χ0) is 10.1. The minimum absolute atomic E-state index is 0.0794. The highest BCUT2D eigenvalue weighted by molar-refractivity contribution is 5.51. The number of aromatic hydroxyl groups is 2.